The maximum Gasteiger partial charge on any atom is 0.243 e. The van der Waals surface area contributed by atoms with Gasteiger partial charge < -0.3 is 5.32 Å². The molecule has 0 radical (unpaired) electrons. The summed E-state index contributed by atoms with van der Waals surface area (Å²) in [5.41, 5.74) is 0.465. The molecule has 1 N–H and O–H groups in total. The van der Waals surface area contributed by atoms with E-state index in [9.17, 15) is 12.8 Å². The van der Waals surface area contributed by atoms with Crippen LogP contribution >= 0.6 is 0 Å². The first-order chi connectivity index (χ1) is 9.46. The molecule has 0 aliphatic carbocycles. The van der Waals surface area contributed by atoms with Gasteiger partial charge in [0.25, 0.3) is 0 Å². The fourth-order valence-corrected chi connectivity index (χ4v) is 4.88. The standard InChI is InChI=1S/C14H19FN2O2S/c1-10-8-11(15)2-5-14(10)20(18,19)17-7-6-12-3-4-13(9-17)16-12/h2,5,8,12-13,16H,3-4,6-7,9H2,1H3. The van der Waals surface area contributed by atoms with Crippen molar-refractivity contribution >= 4 is 10.0 Å². The minimum absolute atomic E-state index is 0.219. The Morgan fingerprint density at radius 3 is 2.75 bits per heavy atom. The van der Waals surface area contributed by atoms with Crippen LogP contribution in [0.3, 0.4) is 0 Å². The van der Waals surface area contributed by atoms with Gasteiger partial charge in [-0.3, -0.25) is 0 Å². The van der Waals surface area contributed by atoms with E-state index in [1.165, 1.54) is 18.2 Å². The second kappa shape index (κ2) is 5.09. The second-order valence-corrected chi connectivity index (χ2v) is 7.61. The maximum absolute atomic E-state index is 13.1. The Balaban J connectivity index is 1.91. The third kappa shape index (κ3) is 2.47. The predicted molar refractivity (Wildman–Crippen MR) is 74.5 cm³/mol. The van der Waals surface area contributed by atoms with Crippen molar-refractivity contribution in [3.05, 3.63) is 29.6 Å². The van der Waals surface area contributed by atoms with E-state index in [-0.39, 0.29) is 10.9 Å². The van der Waals surface area contributed by atoms with Crippen LogP contribution in [0.15, 0.2) is 23.1 Å². The molecule has 1 aromatic rings. The predicted octanol–water partition coefficient (Wildman–Crippen LogP) is 1.65. The van der Waals surface area contributed by atoms with Crippen molar-refractivity contribution in [3.8, 4) is 0 Å². The summed E-state index contributed by atoms with van der Waals surface area (Å²) in [6.45, 7) is 2.68. The minimum Gasteiger partial charge on any atom is -0.310 e. The quantitative estimate of drug-likeness (QED) is 0.903. The molecule has 2 aliphatic heterocycles. The highest BCUT2D eigenvalue weighted by atomic mass is 32.2. The van der Waals surface area contributed by atoms with E-state index < -0.39 is 15.8 Å². The van der Waals surface area contributed by atoms with Crippen LogP contribution in [0.2, 0.25) is 0 Å². The number of nitrogens with zero attached hydrogens (tertiary/aromatic N) is 1. The number of sulfonamides is 1. The third-order valence-electron chi connectivity index (χ3n) is 4.24. The number of aryl methyl sites for hydroxylation is 1. The lowest BCUT2D eigenvalue weighted by Crippen LogP contribution is -2.39. The number of hydrogen-bond acceptors (Lipinski definition) is 3. The molecule has 2 bridgehead atoms. The lowest BCUT2D eigenvalue weighted by atomic mass is 10.1. The van der Waals surface area contributed by atoms with Crippen LogP contribution in [0.5, 0.6) is 0 Å². The summed E-state index contributed by atoms with van der Waals surface area (Å²) >= 11 is 0. The number of halogens is 1. The molecule has 0 spiro atoms. The summed E-state index contributed by atoms with van der Waals surface area (Å²) in [6, 6.07) is 4.54. The number of nitrogens with one attached hydrogen (secondary N) is 1. The van der Waals surface area contributed by atoms with Crippen LogP contribution in [0.4, 0.5) is 4.39 Å². The highest BCUT2D eigenvalue weighted by molar-refractivity contribution is 7.89. The fourth-order valence-electron chi connectivity index (χ4n) is 3.17. The Morgan fingerprint density at radius 1 is 1.25 bits per heavy atom. The zero-order valence-corrected chi connectivity index (χ0v) is 12.3. The van der Waals surface area contributed by atoms with Gasteiger partial charge in [-0.1, -0.05) is 0 Å². The van der Waals surface area contributed by atoms with Gasteiger partial charge in [0.15, 0.2) is 0 Å². The van der Waals surface area contributed by atoms with Crippen molar-refractivity contribution in [3.63, 3.8) is 0 Å². The average molecular weight is 298 g/mol. The molecule has 2 heterocycles. The Morgan fingerprint density at radius 2 is 2.00 bits per heavy atom. The largest absolute Gasteiger partial charge is 0.310 e. The summed E-state index contributed by atoms with van der Waals surface area (Å²) < 4.78 is 40.1. The van der Waals surface area contributed by atoms with Gasteiger partial charge in [0.2, 0.25) is 10.0 Å². The van der Waals surface area contributed by atoms with E-state index in [1.807, 2.05) is 0 Å². The van der Waals surface area contributed by atoms with Crippen molar-refractivity contribution < 1.29 is 12.8 Å². The number of rotatable bonds is 2. The molecule has 2 fully saturated rings. The van der Waals surface area contributed by atoms with Crippen LogP contribution in [-0.4, -0.2) is 37.9 Å². The van der Waals surface area contributed by atoms with Crippen molar-refractivity contribution in [2.24, 2.45) is 0 Å². The van der Waals surface area contributed by atoms with Gasteiger partial charge in [0.05, 0.1) is 4.90 Å². The van der Waals surface area contributed by atoms with Gasteiger partial charge >= 0.3 is 0 Å². The monoisotopic (exact) mass is 298 g/mol. The van der Waals surface area contributed by atoms with E-state index in [4.69, 9.17) is 0 Å². The van der Waals surface area contributed by atoms with E-state index in [2.05, 4.69) is 5.32 Å². The molecule has 2 unspecified atom stereocenters. The second-order valence-electron chi connectivity index (χ2n) is 5.70. The number of fused-ring (bicyclic) bond motifs is 2. The zero-order chi connectivity index (χ0) is 14.3. The Labute approximate surface area is 119 Å². The first-order valence-electron chi connectivity index (χ1n) is 6.99. The number of hydrogen-bond donors (Lipinski definition) is 1. The molecule has 20 heavy (non-hydrogen) atoms. The van der Waals surface area contributed by atoms with Crippen LogP contribution in [0, 0.1) is 12.7 Å². The molecule has 0 saturated carbocycles. The normalized spacial score (nSPS) is 27.5. The van der Waals surface area contributed by atoms with E-state index in [0.29, 0.717) is 24.7 Å². The topological polar surface area (TPSA) is 49.4 Å². The summed E-state index contributed by atoms with van der Waals surface area (Å²) in [7, 11) is -3.53. The van der Waals surface area contributed by atoms with Gasteiger partial charge in [0.1, 0.15) is 5.82 Å². The molecule has 1 aromatic carbocycles. The van der Waals surface area contributed by atoms with E-state index in [1.54, 1.807) is 11.2 Å². The molecule has 3 rings (SSSR count). The lowest BCUT2D eigenvalue weighted by molar-refractivity contribution is 0.383. The first kappa shape index (κ1) is 14.0. The maximum atomic E-state index is 13.1. The Bertz CT molecular complexity index is 618. The molecule has 0 aromatic heterocycles. The Kier molecular flexibility index (Phi) is 3.56. The zero-order valence-electron chi connectivity index (χ0n) is 11.5. The SMILES string of the molecule is Cc1cc(F)ccc1S(=O)(=O)N1CCC2CCC(C1)N2. The molecule has 6 heteroatoms. The molecule has 2 saturated heterocycles. The lowest BCUT2D eigenvalue weighted by Gasteiger charge is -2.24. The van der Waals surface area contributed by atoms with Gasteiger partial charge in [-0.25, -0.2) is 12.8 Å². The van der Waals surface area contributed by atoms with Crippen LogP contribution in [0.1, 0.15) is 24.8 Å². The van der Waals surface area contributed by atoms with E-state index in [0.717, 1.165) is 19.3 Å². The highest BCUT2D eigenvalue weighted by Crippen LogP contribution is 2.26. The molecule has 110 valence electrons. The Hall–Kier alpha value is -0.980. The minimum atomic E-state index is -3.53. The van der Waals surface area contributed by atoms with E-state index >= 15 is 0 Å². The summed E-state index contributed by atoms with van der Waals surface area (Å²) in [6.07, 6.45) is 3.00. The summed E-state index contributed by atoms with van der Waals surface area (Å²) in [5.74, 6) is -0.405. The highest BCUT2D eigenvalue weighted by Gasteiger charge is 2.35. The fraction of sp³-hybridized carbons (Fsp3) is 0.571. The van der Waals surface area contributed by atoms with Crippen LogP contribution < -0.4 is 5.32 Å². The van der Waals surface area contributed by atoms with Gasteiger partial charge in [0, 0.05) is 25.2 Å². The van der Waals surface area contributed by atoms with Gasteiger partial charge in [-0.05, 0) is 49.9 Å². The van der Waals surface area contributed by atoms with Crippen molar-refractivity contribution in [1.29, 1.82) is 0 Å². The molecule has 2 aliphatic rings. The van der Waals surface area contributed by atoms with Gasteiger partial charge in [-0.2, -0.15) is 4.31 Å². The van der Waals surface area contributed by atoms with Crippen LogP contribution in [-0.2, 0) is 10.0 Å². The smallest absolute Gasteiger partial charge is 0.243 e. The molecule has 4 nitrogen and oxygen atoms in total. The number of benzene rings is 1. The van der Waals surface area contributed by atoms with Crippen molar-refractivity contribution in [1.82, 2.24) is 9.62 Å². The molecular weight excluding hydrogens is 279 g/mol. The average Bonchev–Trinajstić information content (AvgIpc) is 2.67. The summed E-state index contributed by atoms with van der Waals surface area (Å²) in [4.78, 5) is 0.219. The van der Waals surface area contributed by atoms with Crippen molar-refractivity contribution in [2.75, 3.05) is 13.1 Å². The van der Waals surface area contributed by atoms with Crippen molar-refractivity contribution in [2.45, 2.75) is 43.2 Å². The van der Waals surface area contributed by atoms with Crippen LogP contribution in [0.25, 0.3) is 0 Å². The molecular formula is C14H19FN2O2S. The molecule has 0 amide bonds. The summed E-state index contributed by atoms with van der Waals surface area (Å²) in [5, 5.41) is 3.46. The third-order valence-corrected chi connectivity index (χ3v) is 6.27. The first-order valence-corrected chi connectivity index (χ1v) is 8.43. The molecule has 2 atom stereocenters. The van der Waals surface area contributed by atoms with Gasteiger partial charge in [-0.15, -0.1) is 0 Å².